The molecule has 3 nitrogen and oxygen atoms in total. The van der Waals surface area contributed by atoms with E-state index in [1.54, 1.807) is 24.3 Å². The van der Waals surface area contributed by atoms with Crippen LogP contribution in [-0.4, -0.2) is 15.0 Å². The maximum absolute atomic E-state index is 13.3. The molecule has 1 aliphatic carbocycles. The minimum atomic E-state index is -3.86. The standard InChI is InChI=1S/C22H23FO3S/c1-17-7-13-22(14-8-17)27(24,25)26-16-20(15-18-5-3-2-4-6-18)19-9-11-21(23)12-10-19/h2-3,7-15,18H,4-6,16H2,1H3/b20-15+. The van der Waals surface area contributed by atoms with Crippen LogP contribution in [0.1, 0.15) is 30.4 Å². The first-order chi connectivity index (χ1) is 12.9. The Hall–Kier alpha value is -2.24. The number of aryl methyl sites for hydroxylation is 1. The molecule has 0 aromatic heterocycles. The fourth-order valence-corrected chi connectivity index (χ4v) is 3.95. The van der Waals surface area contributed by atoms with Crippen molar-refractivity contribution in [3.8, 4) is 0 Å². The number of rotatable bonds is 6. The molecule has 0 aliphatic heterocycles. The van der Waals surface area contributed by atoms with Gasteiger partial charge in [-0.25, -0.2) is 4.39 Å². The second kappa shape index (κ2) is 8.63. The van der Waals surface area contributed by atoms with Gasteiger partial charge in [0.25, 0.3) is 10.1 Å². The van der Waals surface area contributed by atoms with Crippen LogP contribution in [0.2, 0.25) is 0 Å². The predicted molar refractivity (Wildman–Crippen MR) is 105 cm³/mol. The molecular formula is C22H23FO3S. The van der Waals surface area contributed by atoms with Gasteiger partial charge in [-0.1, -0.05) is 48.1 Å². The van der Waals surface area contributed by atoms with Gasteiger partial charge in [0.1, 0.15) is 5.82 Å². The normalized spacial score (nSPS) is 17.9. The Morgan fingerprint density at radius 2 is 1.81 bits per heavy atom. The van der Waals surface area contributed by atoms with E-state index in [1.165, 1.54) is 24.3 Å². The molecule has 0 amide bonds. The lowest BCUT2D eigenvalue weighted by molar-refractivity contribution is 0.362. The van der Waals surface area contributed by atoms with E-state index in [9.17, 15) is 12.8 Å². The van der Waals surface area contributed by atoms with Gasteiger partial charge < -0.3 is 0 Å². The Kier molecular flexibility index (Phi) is 6.24. The Morgan fingerprint density at radius 3 is 2.44 bits per heavy atom. The van der Waals surface area contributed by atoms with Gasteiger partial charge in [-0.2, -0.15) is 8.42 Å². The van der Waals surface area contributed by atoms with Crippen molar-refractivity contribution in [3.05, 3.63) is 83.7 Å². The van der Waals surface area contributed by atoms with Crippen LogP contribution in [0.4, 0.5) is 4.39 Å². The summed E-state index contributed by atoms with van der Waals surface area (Å²) in [7, 11) is -3.86. The van der Waals surface area contributed by atoms with Crippen LogP contribution in [0.25, 0.3) is 5.57 Å². The number of hydrogen-bond donors (Lipinski definition) is 0. The summed E-state index contributed by atoms with van der Waals surface area (Å²) in [5, 5.41) is 0. The third-order valence-corrected chi connectivity index (χ3v) is 5.92. The summed E-state index contributed by atoms with van der Waals surface area (Å²) in [5.74, 6) is -0.00683. The van der Waals surface area contributed by atoms with Crippen LogP contribution in [0.5, 0.6) is 0 Å². The molecule has 1 atom stereocenters. The molecule has 2 aromatic carbocycles. The lowest BCUT2D eigenvalue weighted by Crippen LogP contribution is -2.10. The Bertz CT molecular complexity index is 927. The molecule has 142 valence electrons. The van der Waals surface area contributed by atoms with Crippen molar-refractivity contribution >= 4 is 15.7 Å². The number of allylic oxidation sites excluding steroid dienone is 3. The SMILES string of the molecule is Cc1ccc(S(=O)(=O)OC/C(=C\C2CC=CCC2)c2ccc(F)cc2)cc1. The molecule has 1 aliphatic rings. The van der Waals surface area contributed by atoms with Crippen LogP contribution in [0, 0.1) is 18.7 Å². The van der Waals surface area contributed by atoms with E-state index in [1.807, 2.05) is 6.92 Å². The summed E-state index contributed by atoms with van der Waals surface area (Å²) < 4.78 is 43.6. The maximum atomic E-state index is 13.3. The van der Waals surface area contributed by atoms with Gasteiger partial charge in [0.2, 0.25) is 0 Å². The molecule has 5 heteroatoms. The highest BCUT2D eigenvalue weighted by atomic mass is 32.2. The smallest absolute Gasteiger partial charge is 0.262 e. The van der Waals surface area contributed by atoms with Crippen molar-refractivity contribution < 1.29 is 17.0 Å². The molecule has 1 unspecified atom stereocenters. The van der Waals surface area contributed by atoms with E-state index in [2.05, 4.69) is 18.2 Å². The highest BCUT2D eigenvalue weighted by molar-refractivity contribution is 7.86. The van der Waals surface area contributed by atoms with Crippen molar-refractivity contribution in [3.63, 3.8) is 0 Å². The van der Waals surface area contributed by atoms with E-state index >= 15 is 0 Å². The van der Waals surface area contributed by atoms with Crippen LogP contribution in [0.15, 0.2) is 71.7 Å². The van der Waals surface area contributed by atoms with Crippen molar-refractivity contribution in [2.45, 2.75) is 31.1 Å². The van der Waals surface area contributed by atoms with Crippen molar-refractivity contribution in [2.24, 2.45) is 5.92 Å². The fourth-order valence-electron chi connectivity index (χ4n) is 3.06. The molecule has 2 aromatic rings. The molecule has 0 saturated heterocycles. The van der Waals surface area contributed by atoms with Gasteiger partial charge in [-0.15, -0.1) is 0 Å². The highest BCUT2D eigenvalue weighted by Gasteiger charge is 2.17. The molecule has 0 spiro atoms. The topological polar surface area (TPSA) is 43.4 Å². The summed E-state index contributed by atoms with van der Waals surface area (Å²) in [6.45, 7) is 1.81. The number of benzene rings is 2. The molecule has 3 rings (SSSR count). The van der Waals surface area contributed by atoms with Crippen molar-refractivity contribution in [1.82, 2.24) is 0 Å². The third-order valence-electron chi connectivity index (χ3n) is 4.64. The fraction of sp³-hybridized carbons (Fsp3) is 0.273. The zero-order chi connectivity index (χ0) is 19.3. The largest absolute Gasteiger partial charge is 0.297 e. The average Bonchev–Trinajstić information content (AvgIpc) is 2.67. The van der Waals surface area contributed by atoms with Crippen LogP contribution < -0.4 is 0 Å². The highest BCUT2D eigenvalue weighted by Crippen LogP contribution is 2.26. The second-order valence-corrected chi connectivity index (χ2v) is 8.39. The quantitative estimate of drug-likeness (QED) is 0.501. The van der Waals surface area contributed by atoms with Gasteiger partial charge in [0.05, 0.1) is 11.5 Å². The molecule has 0 saturated carbocycles. The number of hydrogen-bond acceptors (Lipinski definition) is 3. The van der Waals surface area contributed by atoms with Gasteiger partial charge >= 0.3 is 0 Å². The summed E-state index contributed by atoms with van der Waals surface area (Å²) in [6, 6.07) is 12.6. The van der Waals surface area contributed by atoms with E-state index in [0.29, 0.717) is 5.92 Å². The van der Waals surface area contributed by atoms with Gasteiger partial charge in [0.15, 0.2) is 0 Å². The Labute approximate surface area is 160 Å². The minimum absolute atomic E-state index is 0.0813. The van der Waals surface area contributed by atoms with Crippen LogP contribution >= 0.6 is 0 Å². The van der Waals surface area contributed by atoms with Crippen LogP contribution in [0.3, 0.4) is 0 Å². The Balaban J connectivity index is 1.82. The van der Waals surface area contributed by atoms with E-state index in [4.69, 9.17) is 4.18 Å². The zero-order valence-electron chi connectivity index (χ0n) is 15.3. The average molecular weight is 386 g/mol. The zero-order valence-corrected chi connectivity index (χ0v) is 16.1. The van der Waals surface area contributed by atoms with E-state index in [0.717, 1.165) is 36.0 Å². The van der Waals surface area contributed by atoms with Gasteiger partial charge in [-0.05, 0) is 67.5 Å². The second-order valence-electron chi connectivity index (χ2n) is 6.77. The summed E-state index contributed by atoms with van der Waals surface area (Å²) in [6.07, 6.45) is 9.26. The lowest BCUT2D eigenvalue weighted by atomic mass is 9.91. The van der Waals surface area contributed by atoms with Crippen LogP contribution in [-0.2, 0) is 14.3 Å². The number of halogens is 1. The molecular weight excluding hydrogens is 363 g/mol. The Morgan fingerprint density at radius 1 is 1.11 bits per heavy atom. The monoisotopic (exact) mass is 386 g/mol. The van der Waals surface area contributed by atoms with Crippen molar-refractivity contribution in [1.29, 1.82) is 0 Å². The van der Waals surface area contributed by atoms with Gasteiger partial charge in [0, 0.05) is 0 Å². The molecule has 0 bridgehead atoms. The molecule has 0 radical (unpaired) electrons. The van der Waals surface area contributed by atoms with Gasteiger partial charge in [-0.3, -0.25) is 4.18 Å². The molecule has 0 heterocycles. The summed E-state index contributed by atoms with van der Waals surface area (Å²) in [5.41, 5.74) is 2.50. The molecule has 0 N–H and O–H groups in total. The third kappa shape index (κ3) is 5.37. The minimum Gasteiger partial charge on any atom is -0.262 e. The maximum Gasteiger partial charge on any atom is 0.297 e. The first-order valence-electron chi connectivity index (χ1n) is 9.02. The van der Waals surface area contributed by atoms with Crippen molar-refractivity contribution in [2.75, 3.05) is 6.61 Å². The first kappa shape index (κ1) is 19.5. The van der Waals surface area contributed by atoms with E-state index in [-0.39, 0.29) is 17.3 Å². The molecule has 27 heavy (non-hydrogen) atoms. The predicted octanol–water partition coefficient (Wildman–Crippen LogP) is 5.28. The summed E-state index contributed by atoms with van der Waals surface area (Å²) in [4.78, 5) is 0.132. The molecule has 0 fully saturated rings. The lowest BCUT2D eigenvalue weighted by Gasteiger charge is -2.17. The summed E-state index contributed by atoms with van der Waals surface area (Å²) >= 11 is 0. The van der Waals surface area contributed by atoms with E-state index < -0.39 is 10.1 Å². The first-order valence-corrected chi connectivity index (χ1v) is 10.4.